The lowest BCUT2D eigenvalue weighted by Crippen LogP contribution is -2.57. The van der Waals surface area contributed by atoms with E-state index in [1.54, 1.807) is 23.5 Å². The van der Waals surface area contributed by atoms with Gasteiger partial charge in [0.2, 0.25) is 23.7 Å². The van der Waals surface area contributed by atoms with E-state index in [-0.39, 0.29) is 54.9 Å². The molecule has 5 aromatic rings. The molecule has 0 aliphatic carbocycles. The van der Waals surface area contributed by atoms with Gasteiger partial charge in [0.1, 0.15) is 17.8 Å². The summed E-state index contributed by atoms with van der Waals surface area (Å²) >= 11 is 1.58. The Bertz CT molecular complexity index is 2640. The molecule has 68 heavy (non-hydrogen) atoms. The second-order valence-electron chi connectivity index (χ2n) is 18.4. The van der Waals surface area contributed by atoms with Crippen molar-refractivity contribution < 1.29 is 33.8 Å². The Morgan fingerprint density at radius 1 is 0.956 bits per heavy atom. The molecule has 2 aliphatic rings. The zero-order valence-electron chi connectivity index (χ0n) is 38.7. The lowest BCUT2D eigenvalue weighted by molar-refractivity contribution is -0.144. The maximum absolute atomic E-state index is 14.1. The van der Waals surface area contributed by atoms with E-state index >= 15 is 0 Å². The van der Waals surface area contributed by atoms with Crippen molar-refractivity contribution >= 4 is 46.5 Å². The monoisotopic (exact) mass is 943 g/mol. The van der Waals surface area contributed by atoms with Gasteiger partial charge in [-0.15, -0.1) is 11.3 Å². The molecule has 5 heterocycles. The molecule has 5 amide bonds. The maximum atomic E-state index is 14.1. The molecule has 3 aromatic heterocycles. The number of hydrogen-bond donors (Lipinski definition) is 6. The van der Waals surface area contributed by atoms with Gasteiger partial charge in [-0.25, -0.2) is 19.7 Å². The number of aromatic nitrogens is 3. The van der Waals surface area contributed by atoms with E-state index in [0.29, 0.717) is 23.7 Å². The summed E-state index contributed by atoms with van der Waals surface area (Å²) < 4.78 is 13.6. The number of anilines is 2. The highest BCUT2D eigenvalue weighted by Crippen LogP contribution is 2.30. The average Bonchev–Trinajstić information content (AvgIpc) is 3.94. The van der Waals surface area contributed by atoms with Gasteiger partial charge in [0.15, 0.2) is 0 Å². The first-order valence-corrected chi connectivity index (χ1v) is 23.7. The standard InChI is InChI=1S/C51H58FN9O6S/c1-32-46(68-31-56-32)37-14-9-34(10-15-37)27-55-48(65)43-25-41(63)29-61(43)49(66)47(51(2,3)4)59-45(64)6-5-21-60-22-18-36(19-23-60)35-12-7-33(8-13-35)11-16-39-24-40(17-20-53-39)57-50(67)58-42-26-44(52)54-28-38(42)30-62/h7-10,12-15,17,20,24,26,28,31,36,41,43,47,62-63H,5-6,18-19,21-23,25,27,29-30H2,1-4H3,(H,55,65)(H,59,64)(H2,53,54,57,58,67)/t41-,43+,47-/m1/s1. The normalized spacial score (nSPS) is 16.9. The van der Waals surface area contributed by atoms with Crippen LogP contribution < -0.4 is 21.3 Å². The number of carbonyl (C=O) groups excluding carboxylic acids is 4. The smallest absolute Gasteiger partial charge is 0.323 e. The van der Waals surface area contributed by atoms with Crippen LogP contribution in [0.1, 0.15) is 92.4 Å². The number of thiazole rings is 1. The number of nitrogens with one attached hydrogen (secondary N) is 4. The topological polar surface area (TPSA) is 202 Å². The summed E-state index contributed by atoms with van der Waals surface area (Å²) in [6, 6.07) is 18.0. The molecular weight excluding hydrogens is 886 g/mol. The second kappa shape index (κ2) is 22.5. The zero-order valence-corrected chi connectivity index (χ0v) is 39.5. The number of urea groups is 1. The van der Waals surface area contributed by atoms with Crippen molar-refractivity contribution in [3.05, 3.63) is 124 Å². The summed E-state index contributed by atoms with van der Waals surface area (Å²) in [4.78, 5) is 70.5. The number of rotatable bonds is 14. The van der Waals surface area contributed by atoms with Crippen molar-refractivity contribution in [1.82, 2.24) is 35.4 Å². The van der Waals surface area contributed by atoms with Crippen LogP contribution in [0, 0.1) is 30.1 Å². The van der Waals surface area contributed by atoms with Gasteiger partial charge >= 0.3 is 6.03 Å². The third-order valence-electron chi connectivity index (χ3n) is 12.3. The zero-order chi connectivity index (χ0) is 48.4. The molecule has 7 rings (SSSR count). The highest BCUT2D eigenvalue weighted by atomic mass is 32.1. The summed E-state index contributed by atoms with van der Waals surface area (Å²) in [6.07, 6.45) is 4.78. The molecule has 15 nitrogen and oxygen atoms in total. The average molecular weight is 944 g/mol. The van der Waals surface area contributed by atoms with Crippen molar-refractivity contribution in [2.45, 2.75) is 97.1 Å². The van der Waals surface area contributed by atoms with E-state index in [4.69, 9.17) is 0 Å². The van der Waals surface area contributed by atoms with Crippen LogP contribution in [0.5, 0.6) is 0 Å². The van der Waals surface area contributed by atoms with E-state index in [1.165, 1.54) is 16.7 Å². The minimum absolute atomic E-state index is 0.0153. The van der Waals surface area contributed by atoms with Crippen LogP contribution in [0.15, 0.2) is 84.6 Å². The largest absolute Gasteiger partial charge is 0.392 e. The summed E-state index contributed by atoms with van der Waals surface area (Å²) in [5.74, 6) is 4.82. The van der Waals surface area contributed by atoms with Gasteiger partial charge in [-0.1, -0.05) is 63.1 Å². The van der Waals surface area contributed by atoms with Crippen molar-refractivity contribution in [2.24, 2.45) is 5.41 Å². The van der Waals surface area contributed by atoms with Gasteiger partial charge < -0.3 is 41.3 Å². The van der Waals surface area contributed by atoms with Crippen molar-refractivity contribution in [1.29, 1.82) is 0 Å². The lowest BCUT2D eigenvalue weighted by Gasteiger charge is -2.35. The number of carbonyl (C=O) groups is 4. The summed E-state index contributed by atoms with van der Waals surface area (Å²) in [5.41, 5.74) is 7.41. The Morgan fingerprint density at radius 3 is 2.40 bits per heavy atom. The molecule has 0 bridgehead atoms. The molecule has 3 atom stereocenters. The lowest BCUT2D eigenvalue weighted by atomic mass is 9.85. The van der Waals surface area contributed by atoms with Crippen LogP contribution in [-0.4, -0.2) is 103 Å². The van der Waals surface area contributed by atoms with Crippen molar-refractivity contribution in [3.63, 3.8) is 0 Å². The minimum atomic E-state index is -0.882. The molecule has 6 N–H and O–H groups in total. The van der Waals surface area contributed by atoms with E-state index in [9.17, 15) is 33.8 Å². The molecule has 2 aliphatic heterocycles. The van der Waals surface area contributed by atoms with Crippen LogP contribution in [0.25, 0.3) is 10.4 Å². The molecular formula is C51H58FN9O6S. The predicted octanol–water partition coefficient (Wildman–Crippen LogP) is 6.35. The molecule has 2 aromatic carbocycles. The SMILES string of the molecule is Cc1ncsc1-c1ccc(CNC(=O)[C@@H]2C[C@@H](O)CN2C(=O)[C@@H](NC(=O)CCCN2CCC(c3ccc(C#Cc4cc(NC(=O)Nc5cc(F)ncc5CO)ccn4)cc3)CC2)C(C)(C)C)cc1. The first kappa shape index (κ1) is 49.3. The number of aliphatic hydroxyl groups excluding tert-OH is 2. The highest BCUT2D eigenvalue weighted by molar-refractivity contribution is 7.13. The van der Waals surface area contributed by atoms with Crippen LogP contribution in [-0.2, 0) is 27.5 Å². The Balaban J connectivity index is 0.837. The van der Waals surface area contributed by atoms with E-state index in [0.717, 1.165) is 72.0 Å². The summed E-state index contributed by atoms with van der Waals surface area (Å²) in [5, 5.41) is 31.2. The molecule has 2 fully saturated rings. The Hall–Kier alpha value is -6.58. The third-order valence-corrected chi connectivity index (χ3v) is 13.3. The number of hydrogen-bond acceptors (Lipinski definition) is 11. The number of aryl methyl sites for hydroxylation is 1. The Kier molecular flexibility index (Phi) is 16.3. The molecule has 0 radical (unpaired) electrons. The third kappa shape index (κ3) is 13.1. The number of aliphatic hydroxyl groups is 2. The van der Waals surface area contributed by atoms with Crippen LogP contribution in [0.4, 0.5) is 20.6 Å². The number of likely N-dealkylation sites (tertiary alicyclic amines) is 2. The van der Waals surface area contributed by atoms with E-state index in [2.05, 4.69) is 65.1 Å². The number of halogens is 1. The van der Waals surface area contributed by atoms with E-state index < -0.39 is 42.2 Å². The molecule has 0 spiro atoms. The Morgan fingerprint density at radius 2 is 1.71 bits per heavy atom. The molecule has 356 valence electrons. The van der Waals surface area contributed by atoms with Gasteiger partial charge in [0.05, 0.1) is 34.5 Å². The Labute approximate surface area is 400 Å². The van der Waals surface area contributed by atoms with Crippen molar-refractivity contribution in [2.75, 3.05) is 36.8 Å². The maximum Gasteiger partial charge on any atom is 0.323 e. The van der Waals surface area contributed by atoms with Gasteiger partial charge in [0, 0.05) is 61.2 Å². The fourth-order valence-electron chi connectivity index (χ4n) is 8.50. The molecule has 0 saturated carbocycles. The molecule has 0 unspecified atom stereocenters. The minimum Gasteiger partial charge on any atom is -0.392 e. The number of β-amino-alcohol motifs (C(OH)–C–C–N with tert-alkyl or cyclic N) is 1. The van der Waals surface area contributed by atoms with Gasteiger partial charge in [-0.05, 0) is 104 Å². The van der Waals surface area contributed by atoms with Gasteiger partial charge in [-0.3, -0.25) is 14.4 Å². The predicted molar refractivity (Wildman–Crippen MR) is 259 cm³/mol. The van der Waals surface area contributed by atoms with E-state index in [1.807, 2.05) is 69.6 Å². The first-order chi connectivity index (χ1) is 32.6. The number of benzene rings is 2. The van der Waals surface area contributed by atoms with Crippen LogP contribution in [0.3, 0.4) is 0 Å². The van der Waals surface area contributed by atoms with Crippen LogP contribution in [0.2, 0.25) is 0 Å². The highest BCUT2D eigenvalue weighted by Gasteiger charge is 2.44. The van der Waals surface area contributed by atoms with Gasteiger partial charge in [0.25, 0.3) is 0 Å². The molecule has 17 heteroatoms. The van der Waals surface area contributed by atoms with Gasteiger partial charge in [-0.2, -0.15) is 4.39 Å². The van der Waals surface area contributed by atoms with Crippen LogP contribution >= 0.6 is 11.3 Å². The first-order valence-electron chi connectivity index (χ1n) is 22.8. The quantitative estimate of drug-likeness (QED) is 0.0538. The fourth-order valence-corrected chi connectivity index (χ4v) is 9.31. The number of piperidine rings is 1. The second-order valence-corrected chi connectivity index (χ2v) is 19.2. The molecule has 2 saturated heterocycles. The van der Waals surface area contributed by atoms with Crippen molar-refractivity contribution in [3.8, 4) is 22.3 Å². The number of nitrogens with zero attached hydrogens (tertiary/aromatic N) is 5. The number of amides is 5. The summed E-state index contributed by atoms with van der Waals surface area (Å²) in [6.45, 7) is 10.0. The fraction of sp³-hybridized carbons (Fsp3) is 0.392. The number of pyridine rings is 2. The summed E-state index contributed by atoms with van der Waals surface area (Å²) in [7, 11) is 0.